The monoisotopic (exact) mass is 283 g/mol. The number of nitrogens with one attached hydrogen (secondary N) is 1. The summed E-state index contributed by atoms with van der Waals surface area (Å²) in [5, 5.41) is 2.06. The Labute approximate surface area is 110 Å². The predicted molar refractivity (Wildman–Crippen MR) is 67.4 cm³/mol. The van der Waals surface area contributed by atoms with Crippen molar-refractivity contribution in [2.24, 2.45) is 0 Å². The molecule has 1 aromatic rings. The van der Waals surface area contributed by atoms with Gasteiger partial charge in [0.05, 0.1) is 11.5 Å². The molecule has 2 rings (SSSR count). The Morgan fingerprint density at radius 3 is 2.47 bits per heavy atom. The van der Waals surface area contributed by atoms with E-state index in [-0.39, 0.29) is 17.9 Å². The van der Waals surface area contributed by atoms with Crippen LogP contribution in [0.5, 0.6) is 0 Å². The second-order valence-corrected chi connectivity index (χ2v) is 6.48. The van der Waals surface area contributed by atoms with Gasteiger partial charge >= 0.3 is 6.09 Å². The van der Waals surface area contributed by atoms with Gasteiger partial charge in [-0.15, -0.1) is 0 Å². The highest BCUT2D eigenvalue weighted by Crippen LogP contribution is 2.14. The number of ether oxygens (including phenoxy) is 1. The van der Waals surface area contributed by atoms with Gasteiger partial charge in [0, 0.05) is 5.56 Å². The topological polar surface area (TPSA) is 89.5 Å². The highest BCUT2D eigenvalue weighted by molar-refractivity contribution is 7.91. The molecule has 1 N–H and O–H groups in total. The first-order valence-electron chi connectivity index (χ1n) is 5.74. The number of alkyl carbamates (subject to hydrolysis) is 1. The van der Waals surface area contributed by atoms with Crippen LogP contribution in [0.25, 0.3) is 0 Å². The maximum atomic E-state index is 11.6. The maximum absolute atomic E-state index is 11.6. The molecule has 0 unspecified atom stereocenters. The van der Waals surface area contributed by atoms with E-state index >= 15 is 0 Å². The van der Waals surface area contributed by atoms with Crippen LogP contribution in [-0.4, -0.2) is 38.0 Å². The van der Waals surface area contributed by atoms with E-state index in [0.29, 0.717) is 5.56 Å². The first kappa shape index (κ1) is 13.5. The van der Waals surface area contributed by atoms with Crippen molar-refractivity contribution in [1.29, 1.82) is 0 Å². The molecular weight excluding hydrogens is 270 g/mol. The Bertz CT molecular complexity index is 581. The number of hydrogen-bond donors (Lipinski definition) is 1. The summed E-state index contributed by atoms with van der Waals surface area (Å²) in [6, 6.07) is 8.21. The summed E-state index contributed by atoms with van der Waals surface area (Å²) in [5.74, 6) is -0.746. The summed E-state index contributed by atoms with van der Waals surface area (Å²) in [7, 11) is -3.11. The molecule has 1 saturated heterocycles. The standard InChI is InChI=1S/C12H13NO5S/c14-11(9-4-2-1-3-5-9)13-12(15)18-10-6-7-19(16,17)8-10/h1-5,10H,6-8H2,(H,13,14,15)/t10-/m1/s1. The Kier molecular flexibility index (Phi) is 3.84. The van der Waals surface area contributed by atoms with Gasteiger partial charge in [-0.3, -0.25) is 10.1 Å². The van der Waals surface area contributed by atoms with Crippen LogP contribution in [0.15, 0.2) is 30.3 Å². The van der Waals surface area contributed by atoms with Crippen molar-refractivity contribution >= 4 is 21.8 Å². The number of sulfone groups is 1. The van der Waals surface area contributed by atoms with Crippen molar-refractivity contribution in [3.63, 3.8) is 0 Å². The molecule has 1 aromatic carbocycles. The highest BCUT2D eigenvalue weighted by Gasteiger charge is 2.31. The molecule has 1 atom stereocenters. The first-order valence-corrected chi connectivity index (χ1v) is 7.56. The van der Waals surface area contributed by atoms with Gasteiger partial charge in [0.2, 0.25) is 0 Å². The highest BCUT2D eigenvalue weighted by atomic mass is 32.2. The minimum Gasteiger partial charge on any atom is -0.445 e. The molecule has 7 heteroatoms. The average molecular weight is 283 g/mol. The molecule has 1 aliphatic heterocycles. The van der Waals surface area contributed by atoms with E-state index in [2.05, 4.69) is 5.32 Å². The van der Waals surface area contributed by atoms with Crippen molar-refractivity contribution < 1.29 is 22.7 Å². The fourth-order valence-corrected chi connectivity index (χ4v) is 3.38. The molecule has 2 amide bonds. The van der Waals surface area contributed by atoms with Crippen molar-refractivity contribution in [3.8, 4) is 0 Å². The zero-order chi connectivity index (χ0) is 13.9. The molecule has 1 aliphatic rings. The Hall–Kier alpha value is -1.89. The molecule has 0 spiro atoms. The molecule has 0 saturated carbocycles. The zero-order valence-corrected chi connectivity index (χ0v) is 10.9. The zero-order valence-electron chi connectivity index (χ0n) is 10.0. The lowest BCUT2D eigenvalue weighted by atomic mass is 10.2. The minimum atomic E-state index is -3.11. The van der Waals surface area contributed by atoms with Gasteiger partial charge < -0.3 is 4.74 Å². The Morgan fingerprint density at radius 1 is 1.21 bits per heavy atom. The molecular formula is C12H13NO5S. The van der Waals surface area contributed by atoms with Gasteiger partial charge in [-0.2, -0.15) is 0 Å². The van der Waals surface area contributed by atoms with Crippen LogP contribution in [0.4, 0.5) is 4.79 Å². The van der Waals surface area contributed by atoms with Gasteiger partial charge in [-0.1, -0.05) is 18.2 Å². The Balaban J connectivity index is 1.87. The smallest absolute Gasteiger partial charge is 0.414 e. The molecule has 1 fully saturated rings. The third-order valence-electron chi connectivity index (χ3n) is 2.72. The van der Waals surface area contributed by atoms with E-state index in [1.807, 2.05) is 0 Å². The number of amides is 2. The van der Waals surface area contributed by atoms with Crippen LogP contribution in [0, 0.1) is 0 Å². The molecule has 0 bridgehead atoms. The van der Waals surface area contributed by atoms with Crippen LogP contribution in [0.2, 0.25) is 0 Å². The van der Waals surface area contributed by atoms with Crippen LogP contribution < -0.4 is 5.32 Å². The summed E-state index contributed by atoms with van der Waals surface area (Å²) in [4.78, 5) is 23.1. The van der Waals surface area contributed by atoms with Crippen molar-refractivity contribution in [2.45, 2.75) is 12.5 Å². The van der Waals surface area contributed by atoms with Crippen LogP contribution in [0.1, 0.15) is 16.8 Å². The number of hydrogen-bond acceptors (Lipinski definition) is 5. The SMILES string of the molecule is O=C(NC(=O)c1ccccc1)O[C@@H]1CCS(=O)(=O)C1. The van der Waals surface area contributed by atoms with Gasteiger partial charge in [-0.05, 0) is 18.6 Å². The fraction of sp³-hybridized carbons (Fsp3) is 0.333. The quantitative estimate of drug-likeness (QED) is 0.864. The summed E-state index contributed by atoms with van der Waals surface area (Å²) in [5.41, 5.74) is 0.332. The first-order chi connectivity index (χ1) is 8.96. The summed E-state index contributed by atoms with van der Waals surface area (Å²) in [6.07, 6.45) is -1.32. The largest absolute Gasteiger partial charge is 0.445 e. The molecule has 0 aromatic heterocycles. The lowest BCUT2D eigenvalue weighted by molar-refractivity contribution is 0.0863. The second-order valence-electron chi connectivity index (χ2n) is 4.25. The van der Waals surface area contributed by atoms with Crippen LogP contribution in [0.3, 0.4) is 0 Å². The van der Waals surface area contributed by atoms with Gasteiger partial charge in [-0.25, -0.2) is 13.2 Å². The van der Waals surface area contributed by atoms with Crippen molar-refractivity contribution in [2.75, 3.05) is 11.5 Å². The lowest BCUT2D eigenvalue weighted by Crippen LogP contribution is -2.34. The average Bonchev–Trinajstić information content (AvgIpc) is 2.69. The number of rotatable bonds is 2. The third-order valence-corrected chi connectivity index (χ3v) is 4.45. The van der Waals surface area contributed by atoms with Gasteiger partial charge in [0.15, 0.2) is 9.84 Å². The number of imide groups is 1. The molecule has 102 valence electrons. The predicted octanol–water partition coefficient (Wildman–Crippen LogP) is 0.740. The summed E-state index contributed by atoms with van der Waals surface area (Å²) < 4.78 is 27.3. The number of carbonyl (C=O) groups excluding carboxylic acids is 2. The van der Waals surface area contributed by atoms with Crippen molar-refractivity contribution in [1.82, 2.24) is 5.32 Å². The van der Waals surface area contributed by atoms with E-state index in [1.165, 1.54) is 0 Å². The van der Waals surface area contributed by atoms with Gasteiger partial charge in [0.1, 0.15) is 6.10 Å². The number of carbonyl (C=O) groups is 2. The Morgan fingerprint density at radius 2 is 1.89 bits per heavy atom. The van der Waals surface area contributed by atoms with E-state index in [1.54, 1.807) is 30.3 Å². The molecule has 6 nitrogen and oxygen atoms in total. The summed E-state index contributed by atoms with van der Waals surface area (Å²) >= 11 is 0. The molecule has 1 heterocycles. The second kappa shape index (κ2) is 5.40. The maximum Gasteiger partial charge on any atom is 0.414 e. The lowest BCUT2D eigenvalue weighted by Gasteiger charge is -2.10. The van der Waals surface area contributed by atoms with E-state index in [9.17, 15) is 18.0 Å². The van der Waals surface area contributed by atoms with E-state index in [4.69, 9.17) is 4.74 Å². The van der Waals surface area contributed by atoms with Gasteiger partial charge in [0.25, 0.3) is 5.91 Å². The van der Waals surface area contributed by atoms with E-state index < -0.39 is 27.9 Å². The third kappa shape index (κ3) is 3.78. The summed E-state index contributed by atoms with van der Waals surface area (Å²) in [6.45, 7) is 0. The molecule has 0 aliphatic carbocycles. The minimum absolute atomic E-state index is 0.0115. The van der Waals surface area contributed by atoms with Crippen molar-refractivity contribution in [3.05, 3.63) is 35.9 Å². The normalized spacial score (nSPS) is 20.7. The van der Waals surface area contributed by atoms with Crippen LogP contribution in [-0.2, 0) is 14.6 Å². The molecule has 0 radical (unpaired) electrons. The molecule has 19 heavy (non-hydrogen) atoms. The van der Waals surface area contributed by atoms with E-state index in [0.717, 1.165) is 0 Å². The number of benzene rings is 1. The fourth-order valence-electron chi connectivity index (χ4n) is 1.79. The van der Waals surface area contributed by atoms with Crippen LogP contribution >= 0.6 is 0 Å².